The fourth-order valence-electron chi connectivity index (χ4n) is 3.10. The van der Waals surface area contributed by atoms with Crippen LogP contribution in [0.15, 0.2) is 0 Å². The molecule has 2 saturated heterocycles. The van der Waals surface area contributed by atoms with Gasteiger partial charge in [0.15, 0.2) is 0 Å². The van der Waals surface area contributed by atoms with Crippen LogP contribution in [-0.4, -0.2) is 62.0 Å². The largest absolute Gasteiger partial charge is 0.395 e. The highest BCUT2D eigenvalue weighted by atomic mass is 16.5. The van der Waals surface area contributed by atoms with Crippen molar-refractivity contribution in [3.63, 3.8) is 0 Å². The summed E-state index contributed by atoms with van der Waals surface area (Å²) in [6.45, 7) is 8.49. The molecule has 0 aromatic carbocycles. The molecule has 0 amide bonds. The van der Waals surface area contributed by atoms with E-state index in [-0.39, 0.29) is 5.41 Å². The van der Waals surface area contributed by atoms with Gasteiger partial charge in [-0.15, -0.1) is 0 Å². The quantitative estimate of drug-likeness (QED) is 0.710. The molecule has 2 unspecified atom stereocenters. The third-order valence-corrected chi connectivity index (χ3v) is 4.18. The Morgan fingerprint density at radius 2 is 2.41 bits per heavy atom. The highest BCUT2D eigenvalue weighted by Crippen LogP contribution is 2.31. The van der Waals surface area contributed by atoms with Gasteiger partial charge in [-0.3, -0.25) is 4.90 Å². The molecule has 2 heterocycles. The van der Waals surface area contributed by atoms with Crippen molar-refractivity contribution in [3.05, 3.63) is 0 Å². The molecule has 2 N–H and O–H groups in total. The number of nitrogens with zero attached hydrogens (tertiary/aromatic N) is 1. The van der Waals surface area contributed by atoms with Gasteiger partial charge in [0.05, 0.1) is 13.2 Å². The van der Waals surface area contributed by atoms with Crippen molar-refractivity contribution in [3.8, 4) is 0 Å². The van der Waals surface area contributed by atoms with Crippen LogP contribution >= 0.6 is 0 Å². The number of aliphatic hydroxyl groups is 1. The van der Waals surface area contributed by atoms with Crippen LogP contribution in [0, 0.1) is 5.41 Å². The second-order valence-corrected chi connectivity index (χ2v) is 5.53. The van der Waals surface area contributed by atoms with E-state index in [9.17, 15) is 5.11 Å². The second-order valence-electron chi connectivity index (χ2n) is 5.53. The molecule has 0 bridgehead atoms. The van der Waals surface area contributed by atoms with E-state index in [0.717, 1.165) is 52.2 Å². The molecule has 2 atom stereocenters. The molecule has 2 aliphatic rings. The normalized spacial score (nSPS) is 34.6. The highest BCUT2D eigenvalue weighted by molar-refractivity contribution is 4.91. The smallest absolute Gasteiger partial charge is 0.0586 e. The topological polar surface area (TPSA) is 44.7 Å². The zero-order valence-corrected chi connectivity index (χ0v) is 11.0. The third-order valence-electron chi connectivity index (χ3n) is 4.18. The lowest BCUT2D eigenvalue weighted by molar-refractivity contribution is 0.0834. The fourth-order valence-corrected chi connectivity index (χ4v) is 3.10. The average Bonchev–Trinajstić information content (AvgIpc) is 2.97. The molecule has 4 heteroatoms. The van der Waals surface area contributed by atoms with Crippen molar-refractivity contribution in [2.45, 2.75) is 32.2 Å². The van der Waals surface area contributed by atoms with Crippen molar-refractivity contribution in [2.75, 3.05) is 46.0 Å². The van der Waals surface area contributed by atoms with Gasteiger partial charge < -0.3 is 15.2 Å². The zero-order valence-electron chi connectivity index (χ0n) is 11.0. The number of hydrogen-bond donors (Lipinski definition) is 2. The van der Waals surface area contributed by atoms with Crippen LogP contribution in [0.4, 0.5) is 0 Å². The first-order valence-electron chi connectivity index (χ1n) is 6.93. The molecule has 100 valence electrons. The molecular formula is C13H26N2O2. The lowest BCUT2D eigenvalue weighted by Gasteiger charge is -2.35. The standard InChI is InChI=1S/C13H26N2O2/c1-2-14-9-13(5-7-17-11-13)10-15-6-3-4-12(15)8-16/h12,14,16H,2-11H2,1H3. The zero-order chi connectivity index (χ0) is 12.1. The summed E-state index contributed by atoms with van der Waals surface area (Å²) in [7, 11) is 0. The summed E-state index contributed by atoms with van der Waals surface area (Å²) in [4.78, 5) is 2.46. The van der Waals surface area contributed by atoms with Crippen molar-refractivity contribution in [2.24, 2.45) is 5.41 Å². The Balaban J connectivity index is 1.92. The van der Waals surface area contributed by atoms with Crippen molar-refractivity contribution in [1.29, 1.82) is 0 Å². The molecule has 0 aliphatic carbocycles. The minimum atomic E-state index is 0.272. The Kier molecular flexibility index (Phi) is 4.79. The van der Waals surface area contributed by atoms with Gasteiger partial charge in [0, 0.05) is 31.2 Å². The Morgan fingerprint density at radius 1 is 1.53 bits per heavy atom. The Hall–Kier alpha value is -0.160. The van der Waals surface area contributed by atoms with E-state index in [1.807, 2.05) is 0 Å². The maximum atomic E-state index is 9.38. The maximum Gasteiger partial charge on any atom is 0.0586 e. The van der Waals surface area contributed by atoms with Gasteiger partial charge in [0.2, 0.25) is 0 Å². The van der Waals surface area contributed by atoms with Gasteiger partial charge in [0.25, 0.3) is 0 Å². The predicted octanol–water partition coefficient (Wildman–Crippen LogP) is 0.459. The molecule has 2 aliphatic heterocycles. The highest BCUT2D eigenvalue weighted by Gasteiger charge is 2.38. The number of rotatable bonds is 6. The number of nitrogens with one attached hydrogen (secondary N) is 1. The molecule has 4 nitrogen and oxygen atoms in total. The molecule has 0 saturated carbocycles. The lowest BCUT2D eigenvalue weighted by Crippen LogP contribution is -2.47. The number of hydrogen-bond acceptors (Lipinski definition) is 4. The minimum absolute atomic E-state index is 0.272. The summed E-state index contributed by atoms with van der Waals surface area (Å²) in [6, 6.07) is 0.383. The molecule has 0 radical (unpaired) electrons. The molecule has 0 spiro atoms. The second kappa shape index (κ2) is 6.14. The molecule has 0 aromatic heterocycles. The summed E-state index contributed by atoms with van der Waals surface area (Å²) in [5.74, 6) is 0. The van der Waals surface area contributed by atoms with Gasteiger partial charge in [-0.05, 0) is 32.4 Å². The summed E-state index contributed by atoms with van der Waals surface area (Å²) in [6.07, 6.45) is 3.52. The van der Waals surface area contributed by atoms with E-state index < -0.39 is 0 Å². The van der Waals surface area contributed by atoms with Crippen LogP contribution in [0.1, 0.15) is 26.2 Å². The summed E-state index contributed by atoms with van der Waals surface area (Å²) < 4.78 is 5.61. The molecule has 17 heavy (non-hydrogen) atoms. The van der Waals surface area contributed by atoms with Gasteiger partial charge in [-0.25, -0.2) is 0 Å². The molecular weight excluding hydrogens is 216 g/mol. The fraction of sp³-hybridized carbons (Fsp3) is 1.00. The Morgan fingerprint density at radius 3 is 3.06 bits per heavy atom. The minimum Gasteiger partial charge on any atom is -0.395 e. The van der Waals surface area contributed by atoms with Crippen molar-refractivity contribution < 1.29 is 9.84 Å². The first-order chi connectivity index (χ1) is 8.29. The van der Waals surface area contributed by atoms with Crippen LogP contribution in [-0.2, 0) is 4.74 Å². The van der Waals surface area contributed by atoms with Crippen LogP contribution in [0.5, 0.6) is 0 Å². The number of likely N-dealkylation sites (tertiary alicyclic amines) is 1. The van der Waals surface area contributed by atoms with E-state index in [2.05, 4.69) is 17.1 Å². The molecule has 0 aromatic rings. The van der Waals surface area contributed by atoms with E-state index in [0.29, 0.717) is 12.6 Å². The van der Waals surface area contributed by atoms with Gasteiger partial charge in [-0.2, -0.15) is 0 Å². The SMILES string of the molecule is CCNCC1(CN2CCCC2CO)CCOC1. The van der Waals surface area contributed by atoms with Crippen LogP contribution < -0.4 is 5.32 Å². The van der Waals surface area contributed by atoms with E-state index in [4.69, 9.17) is 4.74 Å². The van der Waals surface area contributed by atoms with Gasteiger partial charge in [-0.1, -0.05) is 6.92 Å². The average molecular weight is 242 g/mol. The first-order valence-corrected chi connectivity index (χ1v) is 6.93. The monoisotopic (exact) mass is 242 g/mol. The predicted molar refractivity (Wildman–Crippen MR) is 68.1 cm³/mol. The van der Waals surface area contributed by atoms with E-state index in [1.165, 1.54) is 6.42 Å². The van der Waals surface area contributed by atoms with E-state index >= 15 is 0 Å². The van der Waals surface area contributed by atoms with Crippen LogP contribution in [0.3, 0.4) is 0 Å². The van der Waals surface area contributed by atoms with Gasteiger partial charge >= 0.3 is 0 Å². The third kappa shape index (κ3) is 3.19. The lowest BCUT2D eigenvalue weighted by atomic mass is 9.86. The molecule has 2 fully saturated rings. The number of ether oxygens (including phenoxy) is 1. The maximum absolute atomic E-state index is 9.38. The van der Waals surface area contributed by atoms with Gasteiger partial charge in [0.1, 0.15) is 0 Å². The van der Waals surface area contributed by atoms with Crippen LogP contribution in [0.2, 0.25) is 0 Å². The van der Waals surface area contributed by atoms with E-state index in [1.54, 1.807) is 0 Å². The summed E-state index contributed by atoms with van der Waals surface area (Å²) >= 11 is 0. The summed E-state index contributed by atoms with van der Waals surface area (Å²) in [5, 5.41) is 12.9. The molecule has 2 rings (SSSR count). The van der Waals surface area contributed by atoms with Crippen molar-refractivity contribution >= 4 is 0 Å². The van der Waals surface area contributed by atoms with Crippen LogP contribution in [0.25, 0.3) is 0 Å². The van der Waals surface area contributed by atoms with Crippen molar-refractivity contribution in [1.82, 2.24) is 10.2 Å². The first kappa shape index (κ1) is 13.3. The Bertz CT molecular complexity index is 229. The summed E-state index contributed by atoms with van der Waals surface area (Å²) in [5.41, 5.74) is 0.272. The number of aliphatic hydroxyl groups excluding tert-OH is 1. The Labute approximate surface area is 104 Å².